The minimum atomic E-state index is -0.0907. The van der Waals surface area contributed by atoms with Gasteiger partial charge in [-0.1, -0.05) is 36.4 Å². The molecular weight excluding hydrogens is 312 g/mol. The Kier molecular flexibility index (Phi) is 3.90. The average molecular weight is 330 g/mol. The Morgan fingerprint density at radius 2 is 1.80 bits per heavy atom. The van der Waals surface area contributed by atoms with Gasteiger partial charge < -0.3 is 4.90 Å². The van der Waals surface area contributed by atoms with Gasteiger partial charge in [-0.2, -0.15) is 4.98 Å². The van der Waals surface area contributed by atoms with Crippen molar-refractivity contribution < 1.29 is 4.79 Å². The average Bonchev–Trinajstić information content (AvgIpc) is 3.12. The van der Waals surface area contributed by atoms with Crippen molar-refractivity contribution in [1.29, 1.82) is 0 Å². The molecule has 0 N–H and O–H groups in total. The van der Waals surface area contributed by atoms with E-state index in [-0.39, 0.29) is 5.91 Å². The molecule has 4 rings (SSSR count). The van der Waals surface area contributed by atoms with E-state index in [1.165, 1.54) is 5.56 Å². The molecule has 0 unspecified atom stereocenters. The van der Waals surface area contributed by atoms with Crippen LogP contribution in [0.15, 0.2) is 66.9 Å². The molecule has 1 aromatic heterocycles. The Morgan fingerprint density at radius 3 is 2.64 bits per heavy atom. The van der Waals surface area contributed by atoms with Gasteiger partial charge in [0.2, 0.25) is 5.95 Å². The molecular formula is C20H18N4O. The number of para-hydroxylation sites is 1. The van der Waals surface area contributed by atoms with E-state index in [4.69, 9.17) is 0 Å². The highest BCUT2D eigenvalue weighted by Gasteiger charge is 2.23. The van der Waals surface area contributed by atoms with Crippen LogP contribution >= 0.6 is 0 Å². The number of hydrogen-bond acceptors (Lipinski definition) is 4. The number of nitrogens with zero attached hydrogens (tertiary/aromatic N) is 4. The third-order valence-corrected chi connectivity index (χ3v) is 4.43. The molecule has 25 heavy (non-hydrogen) atoms. The number of fused-ring (bicyclic) bond motifs is 1. The van der Waals surface area contributed by atoms with Crippen LogP contribution in [0, 0.1) is 0 Å². The molecule has 0 spiro atoms. The van der Waals surface area contributed by atoms with Crippen molar-refractivity contribution in [2.75, 3.05) is 23.4 Å². The van der Waals surface area contributed by atoms with Crippen molar-refractivity contribution in [1.82, 2.24) is 9.97 Å². The van der Waals surface area contributed by atoms with Crippen molar-refractivity contribution in [3.8, 4) is 0 Å². The van der Waals surface area contributed by atoms with E-state index >= 15 is 0 Å². The van der Waals surface area contributed by atoms with E-state index < -0.39 is 0 Å². The van der Waals surface area contributed by atoms with E-state index in [0.29, 0.717) is 17.3 Å². The Morgan fingerprint density at radius 1 is 1.04 bits per heavy atom. The second-order valence-electron chi connectivity index (χ2n) is 5.98. The summed E-state index contributed by atoms with van der Waals surface area (Å²) in [6.07, 6.45) is 2.68. The number of anilines is 3. The van der Waals surface area contributed by atoms with Crippen LogP contribution in [0.3, 0.4) is 0 Å². The van der Waals surface area contributed by atoms with Gasteiger partial charge in [-0.25, -0.2) is 4.98 Å². The van der Waals surface area contributed by atoms with Crippen molar-refractivity contribution in [3.05, 3.63) is 78.0 Å². The first kappa shape index (κ1) is 15.3. The summed E-state index contributed by atoms with van der Waals surface area (Å²) in [4.78, 5) is 25.3. The van der Waals surface area contributed by atoms with Gasteiger partial charge in [-0.3, -0.25) is 9.69 Å². The smallest absolute Gasteiger partial charge is 0.259 e. The minimum Gasteiger partial charge on any atom is -0.310 e. The number of carbonyl (C=O) groups is 1. The summed E-state index contributed by atoms with van der Waals surface area (Å²) in [5.41, 5.74) is 3.07. The highest BCUT2D eigenvalue weighted by atomic mass is 16.2. The van der Waals surface area contributed by atoms with Gasteiger partial charge in [-0.15, -0.1) is 0 Å². The lowest BCUT2D eigenvalue weighted by atomic mass is 10.2. The number of aromatic nitrogens is 2. The largest absolute Gasteiger partial charge is 0.310 e. The summed E-state index contributed by atoms with van der Waals surface area (Å²) in [6, 6.07) is 19.2. The van der Waals surface area contributed by atoms with Gasteiger partial charge in [0.1, 0.15) is 5.82 Å². The van der Waals surface area contributed by atoms with Crippen molar-refractivity contribution in [2.24, 2.45) is 0 Å². The standard InChI is InChI=1S/C20H18N4O/c1-23(19(25)16-8-3-2-4-9-16)18-11-13-21-20(22-18)24-14-12-15-7-5-6-10-17(15)24/h2-11,13H,12,14H2,1H3. The molecule has 0 saturated carbocycles. The summed E-state index contributed by atoms with van der Waals surface area (Å²) in [5.74, 6) is 1.12. The first-order chi connectivity index (χ1) is 12.2. The maximum atomic E-state index is 12.6. The van der Waals surface area contributed by atoms with Crippen molar-refractivity contribution >= 4 is 23.4 Å². The number of amides is 1. The van der Waals surface area contributed by atoms with Gasteiger partial charge in [0, 0.05) is 31.0 Å². The monoisotopic (exact) mass is 330 g/mol. The molecule has 0 saturated heterocycles. The van der Waals surface area contributed by atoms with Crippen LogP contribution in [0.25, 0.3) is 0 Å². The Hall–Kier alpha value is -3.21. The molecule has 0 bridgehead atoms. The highest BCUT2D eigenvalue weighted by Crippen LogP contribution is 2.32. The summed E-state index contributed by atoms with van der Waals surface area (Å²) in [7, 11) is 1.74. The molecule has 0 atom stereocenters. The maximum Gasteiger partial charge on any atom is 0.259 e. The summed E-state index contributed by atoms with van der Waals surface area (Å²) in [5, 5.41) is 0. The predicted octanol–water partition coefficient (Wildman–Crippen LogP) is 3.45. The summed E-state index contributed by atoms with van der Waals surface area (Å²) >= 11 is 0. The number of rotatable bonds is 3. The summed E-state index contributed by atoms with van der Waals surface area (Å²) in [6.45, 7) is 0.846. The Labute approximate surface area is 146 Å². The van der Waals surface area contributed by atoms with Gasteiger partial charge >= 0.3 is 0 Å². The molecule has 2 aromatic carbocycles. The quantitative estimate of drug-likeness (QED) is 0.738. The van der Waals surface area contributed by atoms with Crippen LogP contribution in [0.4, 0.5) is 17.5 Å². The molecule has 2 heterocycles. The number of carbonyl (C=O) groups excluding carboxylic acids is 1. The lowest BCUT2D eigenvalue weighted by Crippen LogP contribution is -2.28. The molecule has 5 nitrogen and oxygen atoms in total. The molecule has 1 aliphatic rings. The second-order valence-corrected chi connectivity index (χ2v) is 5.98. The van der Waals surface area contributed by atoms with Gasteiger partial charge in [0.15, 0.2) is 0 Å². The van der Waals surface area contributed by atoms with Gasteiger partial charge in [0.25, 0.3) is 5.91 Å². The second kappa shape index (κ2) is 6.36. The minimum absolute atomic E-state index is 0.0907. The lowest BCUT2D eigenvalue weighted by Gasteiger charge is -2.20. The summed E-state index contributed by atoms with van der Waals surface area (Å²) < 4.78 is 0. The Bertz CT molecular complexity index is 910. The molecule has 3 aromatic rings. The molecule has 5 heteroatoms. The van der Waals surface area contributed by atoms with Crippen molar-refractivity contribution in [2.45, 2.75) is 6.42 Å². The fraction of sp³-hybridized carbons (Fsp3) is 0.150. The van der Waals surface area contributed by atoms with Crippen LogP contribution in [0.5, 0.6) is 0 Å². The zero-order valence-electron chi connectivity index (χ0n) is 14.0. The van der Waals surface area contributed by atoms with Crippen LogP contribution in [0.1, 0.15) is 15.9 Å². The van der Waals surface area contributed by atoms with E-state index in [1.807, 2.05) is 30.3 Å². The zero-order chi connectivity index (χ0) is 17.2. The highest BCUT2D eigenvalue weighted by molar-refractivity contribution is 6.05. The Balaban J connectivity index is 1.63. The number of benzene rings is 2. The van der Waals surface area contributed by atoms with E-state index in [2.05, 4.69) is 27.0 Å². The SMILES string of the molecule is CN(C(=O)c1ccccc1)c1ccnc(N2CCc3ccccc32)n1. The van der Waals surface area contributed by atoms with E-state index in [9.17, 15) is 4.79 Å². The van der Waals surface area contributed by atoms with E-state index in [1.54, 1.807) is 36.3 Å². The maximum absolute atomic E-state index is 12.6. The lowest BCUT2D eigenvalue weighted by molar-refractivity contribution is 0.0992. The first-order valence-corrected chi connectivity index (χ1v) is 8.25. The normalized spacial score (nSPS) is 12.8. The molecule has 1 aliphatic heterocycles. The topological polar surface area (TPSA) is 49.3 Å². The molecule has 1 amide bonds. The van der Waals surface area contributed by atoms with E-state index in [0.717, 1.165) is 18.7 Å². The number of hydrogen-bond donors (Lipinski definition) is 0. The van der Waals surface area contributed by atoms with Crippen LogP contribution in [0.2, 0.25) is 0 Å². The third kappa shape index (κ3) is 2.85. The first-order valence-electron chi connectivity index (χ1n) is 8.25. The van der Waals surface area contributed by atoms with Crippen LogP contribution < -0.4 is 9.80 Å². The molecule has 0 fully saturated rings. The fourth-order valence-electron chi connectivity index (χ4n) is 3.08. The van der Waals surface area contributed by atoms with Gasteiger partial charge in [-0.05, 0) is 36.2 Å². The predicted molar refractivity (Wildman–Crippen MR) is 98.4 cm³/mol. The molecule has 124 valence electrons. The zero-order valence-corrected chi connectivity index (χ0v) is 14.0. The van der Waals surface area contributed by atoms with Crippen molar-refractivity contribution in [3.63, 3.8) is 0 Å². The van der Waals surface area contributed by atoms with Crippen LogP contribution in [-0.2, 0) is 6.42 Å². The third-order valence-electron chi connectivity index (χ3n) is 4.43. The molecule has 0 aliphatic carbocycles. The fourth-order valence-corrected chi connectivity index (χ4v) is 3.08. The van der Waals surface area contributed by atoms with Gasteiger partial charge in [0.05, 0.1) is 0 Å². The van der Waals surface area contributed by atoms with Crippen LogP contribution in [-0.4, -0.2) is 29.5 Å². The molecule has 0 radical (unpaired) electrons.